The zero-order valence-electron chi connectivity index (χ0n) is 5.20. The maximum absolute atomic E-state index is 5.70. The topological polar surface area (TPSA) is 0 Å². The van der Waals surface area contributed by atoms with Gasteiger partial charge >= 0.3 is 0 Å². The summed E-state index contributed by atoms with van der Waals surface area (Å²) in [5.41, 5.74) is 0. The van der Waals surface area contributed by atoms with Crippen LogP contribution in [0.15, 0.2) is 33.4 Å². The van der Waals surface area contributed by atoms with Crippen molar-refractivity contribution in [2.45, 2.75) is 6.92 Å². The Hall–Kier alpha value is 0.240. The molecule has 0 radical (unpaired) electrons. The van der Waals surface area contributed by atoms with Crippen molar-refractivity contribution in [2.24, 2.45) is 0 Å². The van der Waals surface area contributed by atoms with Crippen molar-refractivity contribution in [1.29, 1.82) is 0 Å². The number of allylic oxidation sites excluding steroid dienone is 5. The lowest BCUT2D eigenvalue weighted by Gasteiger charge is -1.88. The van der Waals surface area contributed by atoms with Crippen LogP contribution in [0.2, 0.25) is 0 Å². The Morgan fingerprint density at radius 2 is 2.22 bits per heavy atom. The molecule has 0 aliphatic heterocycles. The fraction of sp³-hybridized carbons (Fsp3) is 0.143. The van der Waals surface area contributed by atoms with Crippen molar-refractivity contribution in [2.75, 3.05) is 0 Å². The van der Waals surface area contributed by atoms with E-state index in [1.807, 2.05) is 19.1 Å². The molecular weight excluding hydrogens is 246 g/mol. The van der Waals surface area contributed by atoms with Crippen LogP contribution in [-0.4, -0.2) is 0 Å². The van der Waals surface area contributed by atoms with E-state index in [1.54, 1.807) is 6.08 Å². The number of rotatable bonds is 2. The van der Waals surface area contributed by atoms with E-state index in [9.17, 15) is 0 Å². The van der Waals surface area contributed by atoms with Gasteiger partial charge in [-0.05, 0) is 35.6 Å². The minimum absolute atomic E-state index is 0.703. The first kappa shape index (κ1) is 9.24. The summed E-state index contributed by atoms with van der Waals surface area (Å²) in [6, 6.07) is 0. The summed E-state index contributed by atoms with van der Waals surface area (Å²) in [5, 5.41) is 0.703. The molecule has 0 spiro atoms. The van der Waals surface area contributed by atoms with Crippen molar-refractivity contribution in [3.05, 3.63) is 33.4 Å². The van der Waals surface area contributed by atoms with Gasteiger partial charge in [0, 0.05) is 3.58 Å². The summed E-state index contributed by atoms with van der Waals surface area (Å²) < 4.78 is 1.02. The predicted octanol–water partition coefficient (Wildman–Crippen LogP) is 3.63. The molecule has 0 saturated heterocycles. The van der Waals surface area contributed by atoms with Gasteiger partial charge < -0.3 is 0 Å². The summed E-state index contributed by atoms with van der Waals surface area (Å²) in [6.07, 6.45) is 5.50. The van der Waals surface area contributed by atoms with Gasteiger partial charge in [-0.25, -0.2) is 0 Å². The second-order valence-electron chi connectivity index (χ2n) is 1.40. The summed E-state index contributed by atoms with van der Waals surface area (Å²) in [6.45, 7) is 5.49. The molecule has 0 aromatic rings. The van der Waals surface area contributed by atoms with Gasteiger partial charge in [0.2, 0.25) is 0 Å². The van der Waals surface area contributed by atoms with E-state index in [0.717, 1.165) is 3.58 Å². The smallest absolute Gasteiger partial charge is 0.0533 e. The van der Waals surface area contributed by atoms with Gasteiger partial charge in [-0.3, -0.25) is 0 Å². The Labute approximate surface area is 74.4 Å². The molecule has 0 aromatic carbocycles. The fourth-order valence-corrected chi connectivity index (χ4v) is 0.966. The summed E-state index contributed by atoms with van der Waals surface area (Å²) in [7, 11) is 0. The first-order valence-corrected chi connectivity index (χ1v) is 3.98. The summed E-state index contributed by atoms with van der Waals surface area (Å²) in [5.74, 6) is 0. The molecule has 0 N–H and O–H groups in total. The van der Waals surface area contributed by atoms with Crippen molar-refractivity contribution >= 4 is 34.2 Å². The normalized spacial score (nSPS) is 13.7. The molecule has 0 rings (SSSR count). The molecule has 0 unspecified atom stereocenters. The summed E-state index contributed by atoms with van der Waals surface area (Å²) >= 11 is 7.85. The van der Waals surface area contributed by atoms with E-state index in [2.05, 4.69) is 29.2 Å². The predicted molar refractivity (Wildman–Crippen MR) is 51.9 cm³/mol. The maximum Gasteiger partial charge on any atom is 0.0533 e. The molecule has 0 saturated carbocycles. The van der Waals surface area contributed by atoms with Crippen molar-refractivity contribution in [1.82, 2.24) is 0 Å². The van der Waals surface area contributed by atoms with E-state index in [4.69, 9.17) is 11.6 Å². The standard InChI is InChI=1S/C7H8ClI/c1-3-5-7(9)6(8)4-2/h3-5H,2H2,1H3/b5-3-,7-6-. The van der Waals surface area contributed by atoms with Crippen LogP contribution in [0.1, 0.15) is 6.92 Å². The fourth-order valence-electron chi connectivity index (χ4n) is 0.323. The average molecular weight is 254 g/mol. The molecule has 0 atom stereocenters. The zero-order valence-corrected chi connectivity index (χ0v) is 8.11. The molecule has 2 heteroatoms. The third-order valence-corrected chi connectivity index (χ3v) is 2.34. The lowest BCUT2D eigenvalue weighted by molar-refractivity contribution is 1.71. The highest BCUT2D eigenvalue weighted by molar-refractivity contribution is 14.1. The monoisotopic (exact) mass is 254 g/mol. The molecule has 9 heavy (non-hydrogen) atoms. The van der Waals surface area contributed by atoms with Gasteiger partial charge in [-0.15, -0.1) is 0 Å². The third-order valence-electron chi connectivity index (χ3n) is 0.720. The van der Waals surface area contributed by atoms with Crippen LogP contribution in [0.5, 0.6) is 0 Å². The van der Waals surface area contributed by atoms with Crippen LogP contribution in [0.25, 0.3) is 0 Å². The molecule has 50 valence electrons. The van der Waals surface area contributed by atoms with Crippen LogP contribution >= 0.6 is 34.2 Å². The van der Waals surface area contributed by atoms with Gasteiger partial charge in [0.05, 0.1) is 5.03 Å². The van der Waals surface area contributed by atoms with Crippen molar-refractivity contribution in [3.8, 4) is 0 Å². The molecule has 0 aliphatic rings. The molecule has 0 fully saturated rings. The molecule has 0 bridgehead atoms. The number of hydrogen-bond acceptors (Lipinski definition) is 0. The lowest BCUT2D eigenvalue weighted by atomic mass is 10.4. The minimum atomic E-state index is 0.703. The quantitative estimate of drug-likeness (QED) is 0.521. The van der Waals surface area contributed by atoms with Crippen LogP contribution in [0.4, 0.5) is 0 Å². The molecule has 0 nitrogen and oxygen atoms in total. The Kier molecular flexibility index (Phi) is 5.19. The van der Waals surface area contributed by atoms with Crippen LogP contribution < -0.4 is 0 Å². The highest BCUT2D eigenvalue weighted by atomic mass is 127. The zero-order chi connectivity index (χ0) is 7.28. The number of halogens is 2. The van der Waals surface area contributed by atoms with Crippen LogP contribution in [0, 0.1) is 0 Å². The highest BCUT2D eigenvalue weighted by Crippen LogP contribution is 2.17. The van der Waals surface area contributed by atoms with Gasteiger partial charge in [-0.1, -0.05) is 30.3 Å². The highest BCUT2D eigenvalue weighted by Gasteiger charge is 1.88. The summed E-state index contributed by atoms with van der Waals surface area (Å²) in [4.78, 5) is 0. The second kappa shape index (κ2) is 5.06. The molecular formula is C7H8ClI. The molecule has 0 aliphatic carbocycles. The Morgan fingerprint density at radius 1 is 1.67 bits per heavy atom. The largest absolute Gasteiger partial charge is 0.0975 e. The van der Waals surface area contributed by atoms with E-state index in [0.29, 0.717) is 5.03 Å². The lowest BCUT2D eigenvalue weighted by Crippen LogP contribution is -1.65. The second-order valence-corrected chi connectivity index (χ2v) is 2.97. The van der Waals surface area contributed by atoms with Crippen molar-refractivity contribution in [3.63, 3.8) is 0 Å². The Balaban J connectivity index is 4.27. The van der Waals surface area contributed by atoms with Gasteiger partial charge in [-0.2, -0.15) is 0 Å². The Bertz CT molecular complexity index is 156. The Morgan fingerprint density at radius 3 is 2.56 bits per heavy atom. The minimum Gasteiger partial charge on any atom is -0.0975 e. The van der Waals surface area contributed by atoms with Gasteiger partial charge in [0.15, 0.2) is 0 Å². The molecule has 0 amide bonds. The van der Waals surface area contributed by atoms with Gasteiger partial charge in [0.25, 0.3) is 0 Å². The van der Waals surface area contributed by atoms with Crippen LogP contribution in [0.3, 0.4) is 0 Å². The maximum atomic E-state index is 5.70. The number of hydrogen-bond donors (Lipinski definition) is 0. The van der Waals surface area contributed by atoms with E-state index in [1.165, 1.54) is 0 Å². The van der Waals surface area contributed by atoms with Crippen molar-refractivity contribution < 1.29 is 0 Å². The first-order chi connectivity index (χ1) is 4.22. The third kappa shape index (κ3) is 3.76. The van der Waals surface area contributed by atoms with Crippen LogP contribution in [-0.2, 0) is 0 Å². The van der Waals surface area contributed by atoms with E-state index >= 15 is 0 Å². The average Bonchev–Trinajstić information content (AvgIpc) is 1.87. The van der Waals surface area contributed by atoms with E-state index in [-0.39, 0.29) is 0 Å². The SMILES string of the molecule is C=C/C(Cl)=C(I)\C=C/C. The first-order valence-electron chi connectivity index (χ1n) is 2.52. The van der Waals surface area contributed by atoms with Gasteiger partial charge in [0.1, 0.15) is 0 Å². The molecule has 0 heterocycles. The van der Waals surface area contributed by atoms with E-state index < -0.39 is 0 Å². The molecule has 0 aromatic heterocycles.